The van der Waals surface area contributed by atoms with Crippen molar-refractivity contribution in [1.29, 1.82) is 0 Å². The molecule has 0 bridgehead atoms. The molecule has 2 aromatic carbocycles. The lowest BCUT2D eigenvalue weighted by atomic mass is 10.1. The van der Waals surface area contributed by atoms with Crippen LogP contribution in [0.2, 0.25) is 0 Å². The fraction of sp³-hybridized carbons (Fsp3) is 0.400. The third-order valence-electron chi connectivity index (χ3n) is 7.13. The van der Waals surface area contributed by atoms with Crippen molar-refractivity contribution in [2.45, 2.75) is 39.3 Å². The normalized spacial score (nSPS) is 16.5. The van der Waals surface area contributed by atoms with Crippen molar-refractivity contribution < 1.29 is 23.9 Å². The second kappa shape index (κ2) is 11.0. The number of pyridine rings is 1. The van der Waals surface area contributed by atoms with Gasteiger partial charge in [-0.1, -0.05) is 24.3 Å². The molecule has 40 heavy (non-hydrogen) atoms. The Morgan fingerprint density at radius 3 is 2.30 bits per heavy atom. The second-order valence-corrected chi connectivity index (χ2v) is 11.0. The van der Waals surface area contributed by atoms with Gasteiger partial charge in [-0.2, -0.15) is 0 Å². The summed E-state index contributed by atoms with van der Waals surface area (Å²) in [7, 11) is 1.60. The van der Waals surface area contributed by atoms with Crippen LogP contribution in [-0.4, -0.2) is 78.2 Å². The fourth-order valence-electron chi connectivity index (χ4n) is 5.09. The van der Waals surface area contributed by atoms with Crippen LogP contribution >= 0.6 is 0 Å². The maximum atomic E-state index is 13.6. The van der Waals surface area contributed by atoms with Gasteiger partial charge < -0.3 is 19.3 Å². The van der Waals surface area contributed by atoms with Crippen LogP contribution in [-0.2, 0) is 16.1 Å². The van der Waals surface area contributed by atoms with Gasteiger partial charge in [0.25, 0.3) is 0 Å². The summed E-state index contributed by atoms with van der Waals surface area (Å²) in [6.07, 6.45) is 3.42. The molecule has 2 fully saturated rings. The maximum absolute atomic E-state index is 13.6. The third-order valence-corrected chi connectivity index (χ3v) is 7.13. The molecule has 4 amide bonds. The van der Waals surface area contributed by atoms with E-state index in [-0.39, 0.29) is 37.5 Å². The summed E-state index contributed by atoms with van der Waals surface area (Å²) >= 11 is 0. The zero-order chi connectivity index (χ0) is 28.4. The van der Waals surface area contributed by atoms with Crippen molar-refractivity contribution in [2.75, 3.05) is 49.6 Å². The molecule has 0 atom stereocenters. The largest absolute Gasteiger partial charge is 0.497 e. The van der Waals surface area contributed by atoms with Crippen molar-refractivity contribution in [3.05, 3.63) is 60.4 Å². The van der Waals surface area contributed by atoms with E-state index < -0.39 is 5.60 Å². The number of hydrogen-bond acceptors (Lipinski definition) is 7. The number of nitrogens with zero attached hydrogens (tertiary/aromatic N) is 5. The van der Waals surface area contributed by atoms with Crippen LogP contribution in [0.15, 0.2) is 54.9 Å². The number of carbonyl (C=O) groups excluding carboxylic acids is 3. The molecule has 2 aliphatic rings. The first-order valence-corrected chi connectivity index (χ1v) is 13.5. The number of amides is 4. The van der Waals surface area contributed by atoms with Crippen LogP contribution in [0.5, 0.6) is 5.75 Å². The topological polar surface area (TPSA) is 95.5 Å². The molecule has 0 aliphatic carbocycles. The number of methoxy groups -OCH3 is 1. The Kier molecular flexibility index (Phi) is 7.51. The number of ether oxygens (including phenoxy) is 2. The van der Waals surface area contributed by atoms with Gasteiger partial charge in [-0.3, -0.25) is 19.6 Å². The predicted molar refractivity (Wildman–Crippen MR) is 153 cm³/mol. The maximum Gasteiger partial charge on any atom is 0.410 e. The highest BCUT2D eigenvalue weighted by Gasteiger charge is 2.34. The van der Waals surface area contributed by atoms with Crippen LogP contribution in [0, 0.1) is 0 Å². The van der Waals surface area contributed by atoms with Gasteiger partial charge in [0.2, 0.25) is 5.91 Å². The number of urea groups is 1. The molecule has 0 spiro atoms. The summed E-state index contributed by atoms with van der Waals surface area (Å²) in [6.45, 7) is 8.46. The quantitative estimate of drug-likeness (QED) is 0.460. The van der Waals surface area contributed by atoms with Crippen LogP contribution in [0.4, 0.5) is 21.0 Å². The molecule has 0 saturated carbocycles. The average molecular weight is 546 g/mol. The molecular weight excluding hydrogens is 510 g/mol. The summed E-state index contributed by atoms with van der Waals surface area (Å²) in [5.41, 5.74) is 1.97. The standard InChI is InChI=1S/C30H35N5O5/c1-30(2,3)40-29(38)33-16-14-32(15-17-33)25-7-5-6-23-24(25)18-31-19-26(23)34-13-12-27(36)35(28(34)37)20-21-8-10-22(39-4)11-9-21/h5-11,18-19H,12-17,20H2,1-4H3. The first kappa shape index (κ1) is 27.2. The van der Waals surface area contributed by atoms with Gasteiger partial charge in [-0.05, 0) is 44.5 Å². The lowest BCUT2D eigenvalue weighted by Gasteiger charge is -2.37. The lowest BCUT2D eigenvalue weighted by molar-refractivity contribution is -0.129. The molecule has 2 saturated heterocycles. The van der Waals surface area contributed by atoms with Crippen LogP contribution in [0.3, 0.4) is 0 Å². The minimum Gasteiger partial charge on any atom is -0.497 e. The van der Waals surface area contributed by atoms with Gasteiger partial charge in [0.15, 0.2) is 0 Å². The molecule has 210 valence electrons. The van der Waals surface area contributed by atoms with Crippen molar-refractivity contribution in [2.24, 2.45) is 0 Å². The van der Waals surface area contributed by atoms with Gasteiger partial charge >= 0.3 is 12.1 Å². The minimum atomic E-state index is -0.535. The van der Waals surface area contributed by atoms with E-state index in [1.54, 1.807) is 23.1 Å². The van der Waals surface area contributed by atoms with Gasteiger partial charge in [-0.25, -0.2) is 9.59 Å². The summed E-state index contributed by atoms with van der Waals surface area (Å²) in [6, 6.07) is 13.0. The van der Waals surface area contributed by atoms with Crippen molar-refractivity contribution in [1.82, 2.24) is 14.8 Å². The smallest absolute Gasteiger partial charge is 0.410 e. The number of benzene rings is 2. The van der Waals surface area contributed by atoms with E-state index in [0.29, 0.717) is 37.6 Å². The number of aromatic nitrogens is 1. The zero-order valence-corrected chi connectivity index (χ0v) is 23.4. The molecule has 0 radical (unpaired) electrons. The number of rotatable bonds is 5. The molecule has 2 aliphatic heterocycles. The molecule has 0 N–H and O–H groups in total. The van der Waals surface area contributed by atoms with E-state index in [1.807, 2.05) is 69.4 Å². The molecule has 5 rings (SSSR count). The minimum absolute atomic E-state index is 0.184. The van der Waals surface area contributed by atoms with E-state index in [2.05, 4.69) is 9.88 Å². The highest BCUT2D eigenvalue weighted by molar-refractivity contribution is 6.11. The van der Waals surface area contributed by atoms with Crippen molar-refractivity contribution in [3.63, 3.8) is 0 Å². The summed E-state index contributed by atoms with van der Waals surface area (Å²) in [5, 5.41) is 1.80. The lowest BCUT2D eigenvalue weighted by Crippen LogP contribution is -2.52. The Labute approximate surface area is 234 Å². The van der Waals surface area contributed by atoms with Crippen molar-refractivity contribution in [3.8, 4) is 5.75 Å². The molecule has 10 heteroatoms. The fourth-order valence-corrected chi connectivity index (χ4v) is 5.09. The number of fused-ring (bicyclic) bond motifs is 1. The van der Waals surface area contributed by atoms with E-state index in [1.165, 1.54) is 4.90 Å². The monoisotopic (exact) mass is 545 g/mol. The van der Waals surface area contributed by atoms with E-state index in [9.17, 15) is 14.4 Å². The third kappa shape index (κ3) is 5.66. The van der Waals surface area contributed by atoms with Crippen LogP contribution in [0.1, 0.15) is 32.8 Å². The number of hydrogen-bond donors (Lipinski definition) is 0. The Bertz CT molecular complexity index is 1410. The molecule has 3 heterocycles. The Morgan fingerprint density at radius 2 is 1.62 bits per heavy atom. The second-order valence-electron chi connectivity index (χ2n) is 11.0. The van der Waals surface area contributed by atoms with Crippen LogP contribution < -0.4 is 14.5 Å². The van der Waals surface area contributed by atoms with Crippen LogP contribution in [0.25, 0.3) is 10.8 Å². The molecular formula is C30H35N5O5. The van der Waals surface area contributed by atoms with E-state index >= 15 is 0 Å². The average Bonchev–Trinajstić information content (AvgIpc) is 2.94. The van der Waals surface area contributed by atoms with Gasteiger partial charge in [0, 0.05) is 61.8 Å². The Morgan fingerprint density at radius 1 is 0.900 bits per heavy atom. The van der Waals surface area contributed by atoms with Crippen molar-refractivity contribution >= 4 is 40.2 Å². The molecule has 1 aromatic heterocycles. The zero-order valence-electron chi connectivity index (χ0n) is 23.4. The highest BCUT2D eigenvalue weighted by atomic mass is 16.6. The first-order chi connectivity index (χ1) is 19.1. The molecule has 0 unspecified atom stereocenters. The summed E-state index contributed by atoms with van der Waals surface area (Å²) < 4.78 is 10.7. The number of imide groups is 1. The SMILES string of the molecule is COc1ccc(CN2C(=O)CCN(c3cncc4c(N5CCN(C(=O)OC(C)(C)C)CC5)cccc34)C2=O)cc1. The molecule has 3 aromatic rings. The number of piperazine rings is 1. The van der Waals surface area contributed by atoms with E-state index in [4.69, 9.17) is 9.47 Å². The first-order valence-electron chi connectivity index (χ1n) is 13.5. The molecule has 10 nitrogen and oxygen atoms in total. The Hall–Kier alpha value is -4.34. The Balaban J connectivity index is 1.36. The van der Waals surface area contributed by atoms with Gasteiger partial charge in [0.1, 0.15) is 11.4 Å². The highest BCUT2D eigenvalue weighted by Crippen LogP contribution is 2.34. The number of anilines is 2. The van der Waals surface area contributed by atoms with Gasteiger partial charge in [0.05, 0.1) is 25.5 Å². The summed E-state index contributed by atoms with van der Waals surface area (Å²) in [5.74, 6) is 0.513. The van der Waals surface area contributed by atoms with Gasteiger partial charge in [-0.15, -0.1) is 0 Å². The number of carbonyl (C=O) groups is 3. The van der Waals surface area contributed by atoms with E-state index in [0.717, 1.165) is 22.0 Å². The summed E-state index contributed by atoms with van der Waals surface area (Å²) in [4.78, 5) is 50.3. The predicted octanol–water partition coefficient (Wildman–Crippen LogP) is 4.66.